The summed E-state index contributed by atoms with van der Waals surface area (Å²) >= 11 is 17.7. The lowest BCUT2D eigenvalue weighted by atomic mass is 10.0. The average molecular weight is 398 g/mol. The molecule has 0 spiro atoms. The first-order valence-electron chi connectivity index (χ1n) is 7.61. The summed E-state index contributed by atoms with van der Waals surface area (Å²) in [5, 5.41) is 0.513. The van der Waals surface area contributed by atoms with Crippen molar-refractivity contribution in [3.8, 4) is 0 Å². The van der Waals surface area contributed by atoms with E-state index in [4.69, 9.17) is 39.5 Å². The Bertz CT molecular complexity index is 504. The van der Waals surface area contributed by atoms with Crippen LogP contribution in [0.3, 0.4) is 0 Å². The molecule has 0 bridgehead atoms. The summed E-state index contributed by atoms with van der Waals surface area (Å²) in [7, 11) is 0. The van der Waals surface area contributed by atoms with Gasteiger partial charge in [-0.2, -0.15) is 0 Å². The minimum atomic E-state index is -1.73. The van der Waals surface area contributed by atoms with Gasteiger partial charge in [0.05, 0.1) is 0 Å². The van der Waals surface area contributed by atoms with E-state index in [1.165, 1.54) is 19.3 Å². The van der Waals surface area contributed by atoms with Crippen LogP contribution < -0.4 is 4.72 Å². The molecule has 23 heavy (non-hydrogen) atoms. The molecule has 1 aliphatic rings. The molecular formula is C16H21Cl3NO2S+. The van der Waals surface area contributed by atoms with Gasteiger partial charge in [0.1, 0.15) is 22.6 Å². The number of amides is 1. The number of alkyl halides is 3. The second kappa shape index (κ2) is 8.70. The van der Waals surface area contributed by atoms with E-state index in [1.807, 2.05) is 24.5 Å². The van der Waals surface area contributed by atoms with Gasteiger partial charge >= 0.3 is 6.09 Å². The summed E-state index contributed by atoms with van der Waals surface area (Å²) in [6, 6.07) is 9.02. The standard InChI is InChI=1S/C16H20Cl3NO2S/c1-23(13-10-6-3-7-11-13)20-15(21)22-14(16(17,18)19)12-8-4-2-5-9-12/h2,4-5,8-9,13-14H,3,6-7,10-11H2,1H3/p+1/t14-,23?/m0/s1. The smallest absolute Gasteiger partial charge is 0.434 e. The van der Waals surface area contributed by atoms with Crippen LogP contribution in [0.25, 0.3) is 0 Å². The molecular weight excluding hydrogens is 377 g/mol. The quantitative estimate of drug-likeness (QED) is 0.551. The zero-order chi connectivity index (χ0) is 16.9. The molecule has 0 radical (unpaired) electrons. The molecule has 1 fully saturated rings. The Labute approximate surface area is 155 Å². The van der Waals surface area contributed by atoms with E-state index >= 15 is 0 Å². The Morgan fingerprint density at radius 2 is 1.83 bits per heavy atom. The zero-order valence-corrected chi connectivity index (χ0v) is 16.0. The van der Waals surface area contributed by atoms with Gasteiger partial charge in [-0.1, -0.05) is 71.6 Å². The Balaban J connectivity index is 1.97. The lowest BCUT2D eigenvalue weighted by Crippen LogP contribution is -2.40. The molecule has 1 unspecified atom stereocenters. The zero-order valence-electron chi connectivity index (χ0n) is 12.9. The molecule has 0 aliphatic heterocycles. The summed E-state index contributed by atoms with van der Waals surface area (Å²) in [6.07, 6.45) is 6.56. The second-order valence-corrected chi connectivity index (χ2v) is 10.0. The van der Waals surface area contributed by atoms with Crippen LogP contribution in [0.5, 0.6) is 0 Å². The largest absolute Gasteiger partial charge is 0.449 e. The van der Waals surface area contributed by atoms with Crippen LogP contribution in [-0.2, 0) is 15.8 Å². The van der Waals surface area contributed by atoms with Crippen molar-refractivity contribution in [2.45, 2.75) is 47.3 Å². The van der Waals surface area contributed by atoms with Crippen LogP contribution in [0, 0.1) is 0 Å². The maximum absolute atomic E-state index is 12.2. The molecule has 2 rings (SSSR count). The van der Waals surface area contributed by atoms with E-state index < -0.39 is 16.0 Å². The van der Waals surface area contributed by atoms with E-state index in [0.29, 0.717) is 10.8 Å². The minimum absolute atomic E-state index is 0.240. The molecule has 0 heterocycles. The topological polar surface area (TPSA) is 38.3 Å². The lowest BCUT2D eigenvalue weighted by molar-refractivity contribution is 0.105. The molecule has 1 aliphatic carbocycles. The molecule has 2 atom stereocenters. The van der Waals surface area contributed by atoms with Gasteiger partial charge in [0.25, 0.3) is 0 Å². The molecule has 1 amide bonds. The second-order valence-electron chi connectivity index (χ2n) is 5.66. The van der Waals surface area contributed by atoms with Gasteiger partial charge in [-0.05, 0) is 31.2 Å². The van der Waals surface area contributed by atoms with Gasteiger partial charge in [-0.3, -0.25) is 0 Å². The van der Waals surface area contributed by atoms with Crippen LogP contribution in [0.4, 0.5) is 4.79 Å². The SMILES string of the molecule is C[S+](NC(=O)O[C@@H](c1ccccc1)C(Cl)(Cl)Cl)C1CCCCC1. The maximum atomic E-state index is 12.2. The number of ether oxygens (including phenoxy) is 1. The first-order chi connectivity index (χ1) is 10.9. The van der Waals surface area contributed by atoms with Gasteiger partial charge in [0, 0.05) is 0 Å². The highest BCUT2D eigenvalue weighted by molar-refractivity contribution is 7.95. The highest BCUT2D eigenvalue weighted by Gasteiger charge is 2.39. The number of rotatable bonds is 4. The van der Waals surface area contributed by atoms with Crippen molar-refractivity contribution in [1.82, 2.24) is 4.72 Å². The molecule has 7 heteroatoms. The summed E-state index contributed by atoms with van der Waals surface area (Å²) in [4.78, 5) is 12.2. The fourth-order valence-electron chi connectivity index (χ4n) is 2.72. The number of halogens is 3. The van der Waals surface area contributed by atoms with E-state index in [1.54, 1.807) is 12.1 Å². The normalized spacial score (nSPS) is 19.0. The van der Waals surface area contributed by atoms with Crippen molar-refractivity contribution in [3.05, 3.63) is 35.9 Å². The average Bonchev–Trinajstić information content (AvgIpc) is 2.53. The van der Waals surface area contributed by atoms with Gasteiger partial charge in [0.15, 0.2) is 6.10 Å². The predicted molar refractivity (Wildman–Crippen MR) is 99.3 cm³/mol. The number of carbonyl (C=O) groups excluding carboxylic acids is 1. The predicted octanol–water partition coefficient (Wildman–Crippen LogP) is 5.32. The highest BCUT2D eigenvalue weighted by Crippen LogP contribution is 2.42. The summed E-state index contributed by atoms with van der Waals surface area (Å²) in [6.45, 7) is 0. The molecule has 1 aromatic rings. The Kier molecular flexibility index (Phi) is 7.20. The van der Waals surface area contributed by atoms with E-state index in [-0.39, 0.29) is 11.1 Å². The van der Waals surface area contributed by atoms with E-state index in [0.717, 1.165) is 12.8 Å². The number of benzene rings is 1. The van der Waals surface area contributed by atoms with Crippen molar-refractivity contribution in [3.63, 3.8) is 0 Å². The Morgan fingerprint density at radius 3 is 2.39 bits per heavy atom. The number of hydrogen-bond donors (Lipinski definition) is 1. The van der Waals surface area contributed by atoms with Gasteiger partial charge in [-0.15, -0.1) is 4.72 Å². The fourth-order valence-corrected chi connectivity index (χ4v) is 4.75. The molecule has 1 saturated carbocycles. The van der Waals surface area contributed by atoms with Crippen molar-refractivity contribution in [2.75, 3.05) is 6.26 Å². The van der Waals surface area contributed by atoms with Crippen molar-refractivity contribution >= 4 is 52.0 Å². The van der Waals surface area contributed by atoms with E-state index in [2.05, 4.69) is 4.72 Å². The minimum Gasteiger partial charge on any atom is -0.434 e. The van der Waals surface area contributed by atoms with Crippen LogP contribution in [0.15, 0.2) is 30.3 Å². The molecule has 128 valence electrons. The Hall–Kier alpha value is -0.290. The summed E-state index contributed by atoms with van der Waals surface area (Å²) in [5.74, 6) is 0. The lowest BCUT2D eigenvalue weighted by Gasteiger charge is -2.25. The molecule has 1 aromatic carbocycles. The van der Waals surface area contributed by atoms with Gasteiger partial charge < -0.3 is 4.74 Å². The maximum Gasteiger partial charge on any atom is 0.449 e. The van der Waals surface area contributed by atoms with Crippen LogP contribution in [0.2, 0.25) is 0 Å². The van der Waals surface area contributed by atoms with Crippen molar-refractivity contribution in [1.29, 1.82) is 0 Å². The monoisotopic (exact) mass is 396 g/mol. The van der Waals surface area contributed by atoms with Crippen LogP contribution in [0.1, 0.15) is 43.8 Å². The molecule has 0 saturated heterocycles. The molecule has 3 nitrogen and oxygen atoms in total. The fraction of sp³-hybridized carbons (Fsp3) is 0.562. The molecule has 1 N–H and O–H groups in total. The first-order valence-corrected chi connectivity index (χ1v) is 10.4. The number of nitrogens with one attached hydrogen (secondary N) is 1. The third-order valence-corrected chi connectivity index (χ3v) is 6.48. The number of carbonyl (C=O) groups is 1. The molecule has 0 aromatic heterocycles. The van der Waals surface area contributed by atoms with Gasteiger partial charge in [0.2, 0.25) is 3.79 Å². The highest BCUT2D eigenvalue weighted by atomic mass is 35.6. The summed E-state index contributed by atoms with van der Waals surface area (Å²) < 4.78 is 6.61. The van der Waals surface area contributed by atoms with Gasteiger partial charge in [-0.25, -0.2) is 4.79 Å². The Morgan fingerprint density at radius 1 is 1.22 bits per heavy atom. The van der Waals surface area contributed by atoms with Crippen molar-refractivity contribution in [2.24, 2.45) is 0 Å². The number of hydrogen-bond acceptors (Lipinski definition) is 2. The third kappa shape index (κ3) is 5.93. The first kappa shape index (κ1) is 19.0. The van der Waals surface area contributed by atoms with E-state index in [9.17, 15) is 4.79 Å². The van der Waals surface area contributed by atoms with Crippen molar-refractivity contribution < 1.29 is 9.53 Å². The van der Waals surface area contributed by atoms with Crippen LogP contribution in [-0.4, -0.2) is 21.4 Å². The summed E-state index contributed by atoms with van der Waals surface area (Å²) in [5.41, 5.74) is 0.649. The van der Waals surface area contributed by atoms with Crippen LogP contribution >= 0.6 is 34.8 Å². The third-order valence-electron chi connectivity index (χ3n) is 3.92.